The van der Waals surface area contributed by atoms with E-state index in [1.165, 1.54) is 5.56 Å². The molecule has 0 radical (unpaired) electrons. The quantitative estimate of drug-likeness (QED) is 0.782. The van der Waals surface area contributed by atoms with Crippen molar-refractivity contribution in [3.05, 3.63) is 65.2 Å². The highest BCUT2D eigenvalue weighted by molar-refractivity contribution is 5.28. The van der Waals surface area contributed by atoms with Crippen LogP contribution in [0.5, 0.6) is 5.75 Å². The van der Waals surface area contributed by atoms with Crippen molar-refractivity contribution in [1.29, 1.82) is 0 Å². The minimum Gasteiger partial charge on any atom is -0.494 e. The van der Waals surface area contributed by atoms with Crippen molar-refractivity contribution in [2.24, 2.45) is 0 Å². The molecule has 2 aromatic carbocycles. The summed E-state index contributed by atoms with van der Waals surface area (Å²) in [4.78, 5) is 0. The lowest BCUT2D eigenvalue weighted by atomic mass is 10.1. The Morgan fingerprint density at radius 3 is 2.33 bits per heavy atom. The fourth-order valence-electron chi connectivity index (χ4n) is 2.15. The second-order valence-electron chi connectivity index (χ2n) is 5.02. The van der Waals surface area contributed by atoms with Crippen LogP contribution in [0.2, 0.25) is 0 Å². The smallest absolute Gasteiger partial charge is 0.119 e. The molecule has 0 unspecified atom stereocenters. The molecule has 0 aromatic heterocycles. The molecule has 0 atom stereocenters. The molecular weight excluding hydrogens is 262 g/mol. The van der Waals surface area contributed by atoms with Gasteiger partial charge in [0.05, 0.1) is 13.2 Å². The number of aliphatic hydroxyl groups is 1. The molecule has 2 aromatic rings. The number of ether oxygens (including phenoxy) is 1. The normalized spacial score (nSPS) is 10.6. The molecule has 112 valence electrons. The van der Waals surface area contributed by atoms with Crippen LogP contribution in [0, 0.1) is 0 Å². The second-order valence-corrected chi connectivity index (χ2v) is 5.02. The van der Waals surface area contributed by atoms with Gasteiger partial charge < -0.3 is 15.2 Å². The Morgan fingerprint density at radius 2 is 1.67 bits per heavy atom. The molecule has 0 amide bonds. The van der Waals surface area contributed by atoms with Crippen LogP contribution < -0.4 is 10.1 Å². The topological polar surface area (TPSA) is 41.5 Å². The van der Waals surface area contributed by atoms with Crippen molar-refractivity contribution >= 4 is 0 Å². The number of hydrogen-bond acceptors (Lipinski definition) is 3. The Balaban J connectivity index is 1.83. The average Bonchev–Trinajstić information content (AvgIpc) is 2.54. The summed E-state index contributed by atoms with van der Waals surface area (Å²) in [5.41, 5.74) is 3.34. The van der Waals surface area contributed by atoms with E-state index >= 15 is 0 Å². The van der Waals surface area contributed by atoms with Gasteiger partial charge >= 0.3 is 0 Å². The first-order valence-electron chi connectivity index (χ1n) is 7.43. The van der Waals surface area contributed by atoms with Gasteiger partial charge in [0.15, 0.2) is 0 Å². The van der Waals surface area contributed by atoms with Crippen LogP contribution >= 0.6 is 0 Å². The van der Waals surface area contributed by atoms with E-state index in [2.05, 4.69) is 24.4 Å². The van der Waals surface area contributed by atoms with Crippen molar-refractivity contribution in [2.75, 3.05) is 6.61 Å². The first-order chi connectivity index (χ1) is 10.3. The van der Waals surface area contributed by atoms with Crippen molar-refractivity contribution in [3.63, 3.8) is 0 Å². The minimum atomic E-state index is 0.0846. The van der Waals surface area contributed by atoms with E-state index in [-0.39, 0.29) is 6.61 Å². The number of hydrogen-bond donors (Lipinski definition) is 2. The Bertz CT molecular complexity index is 537. The van der Waals surface area contributed by atoms with Gasteiger partial charge in [0.2, 0.25) is 0 Å². The van der Waals surface area contributed by atoms with E-state index in [0.29, 0.717) is 0 Å². The molecule has 0 heterocycles. The van der Waals surface area contributed by atoms with Gasteiger partial charge in [-0.3, -0.25) is 0 Å². The molecule has 0 bridgehead atoms. The summed E-state index contributed by atoms with van der Waals surface area (Å²) in [5.74, 6) is 0.922. The maximum atomic E-state index is 9.29. The number of nitrogens with one attached hydrogen (secondary N) is 1. The van der Waals surface area contributed by atoms with Crippen molar-refractivity contribution in [3.8, 4) is 5.75 Å². The van der Waals surface area contributed by atoms with E-state index in [0.717, 1.165) is 43.0 Å². The molecule has 2 N–H and O–H groups in total. The van der Waals surface area contributed by atoms with Gasteiger partial charge in [0.1, 0.15) is 5.75 Å². The molecule has 21 heavy (non-hydrogen) atoms. The van der Waals surface area contributed by atoms with Crippen LogP contribution in [0.4, 0.5) is 0 Å². The zero-order chi connectivity index (χ0) is 14.9. The number of aliphatic hydroxyl groups excluding tert-OH is 1. The van der Waals surface area contributed by atoms with Crippen LogP contribution in [-0.2, 0) is 19.7 Å². The lowest BCUT2D eigenvalue weighted by Crippen LogP contribution is -2.14. The Hall–Kier alpha value is -1.84. The van der Waals surface area contributed by atoms with Gasteiger partial charge in [-0.15, -0.1) is 0 Å². The molecule has 0 fully saturated rings. The lowest BCUT2D eigenvalue weighted by molar-refractivity contribution is 0.280. The third-order valence-corrected chi connectivity index (χ3v) is 3.33. The Labute approximate surface area is 126 Å². The molecule has 0 aliphatic rings. The Morgan fingerprint density at radius 1 is 0.952 bits per heavy atom. The standard InChI is InChI=1S/C18H23NO2/c1-2-11-21-18-9-7-15(8-10-18)12-19-13-16-5-3-4-6-17(16)14-20/h3-10,19-20H,2,11-14H2,1H3. The zero-order valence-corrected chi connectivity index (χ0v) is 12.5. The highest BCUT2D eigenvalue weighted by Gasteiger charge is 2.00. The molecule has 3 nitrogen and oxygen atoms in total. The highest BCUT2D eigenvalue weighted by Crippen LogP contribution is 2.13. The van der Waals surface area contributed by atoms with Gasteiger partial charge in [0, 0.05) is 13.1 Å². The van der Waals surface area contributed by atoms with E-state index in [9.17, 15) is 5.11 Å². The fourth-order valence-corrected chi connectivity index (χ4v) is 2.15. The molecular formula is C18H23NO2. The highest BCUT2D eigenvalue weighted by atomic mass is 16.5. The maximum absolute atomic E-state index is 9.29. The maximum Gasteiger partial charge on any atom is 0.119 e. The van der Waals surface area contributed by atoms with Crippen molar-refractivity contribution < 1.29 is 9.84 Å². The van der Waals surface area contributed by atoms with Crippen molar-refractivity contribution in [2.45, 2.75) is 33.0 Å². The number of rotatable bonds is 8. The largest absolute Gasteiger partial charge is 0.494 e. The average molecular weight is 285 g/mol. The van der Waals surface area contributed by atoms with Crippen LogP contribution in [0.3, 0.4) is 0 Å². The van der Waals surface area contributed by atoms with Gasteiger partial charge in [-0.1, -0.05) is 43.3 Å². The van der Waals surface area contributed by atoms with Crippen LogP contribution in [0.1, 0.15) is 30.0 Å². The predicted octanol–water partition coefficient (Wildman–Crippen LogP) is 3.26. The van der Waals surface area contributed by atoms with Crippen LogP contribution in [0.15, 0.2) is 48.5 Å². The molecule has 0 aliphatic heterocycles. The third-order valence-electron chi connectivity index (χ3n) is 3.33. The number of benzene rings is 2. The monoisotopic (exact) mass is 285 g/mol. The van der Waals surface area contributed by atoms with E-state index in [1.54, 1.807) is 0 Å². The van der Waals surface area contributed by atoms with Crippen LogP contribution in [-0.4, -0.2) is 11.7 Å². The molecule has 3 heteroatoms. The summed E-state index contributed by atoms with van der Waals surface area (Å²) in [6, 6.07) is 16.1. The zero-order valence-electron chi connectivity index (χ0n) is 12.5. The van der Waals surface area contributed by atoms with Gasteiger partial charge in [-0.05, 0) is 35.2 Å². The molecule has 0 saturated carbocycles. The SMILES string of the molecule is CCCOc1ccc(CNCc2ccccc2CO)cc1. The van der Waals surface area contributed by atoms with Gasteiger partial charge in [0.25, 0.3) is 0 Å². The fraction of sp³-hybridized carbons (Fsp3) is 0.333. The second kappa shape index (κ2) is 8.45. The molecule has 2 rings (SSSR count). The van der Waals surface area contributed by atoms with E-state index in [4.69, 9.17) is 4.74 Å². The molecule has 0 saturated heterocycles. The summed E-state index contributed by atoms with van der Waals surface area (Å²) >= 11 is 0. The first kappa shape index (κ1) is 15.5. The van der Waals surface area contributed by atoms with Gasteiger partial charge in [-0.2, -0.15) is 0 Å². The van der Waals surface area contributed by atoms with E-state index < -0.39 is 0 Å². The Kier molecular flexibility index (Phi) is 6.25. The minimum absolute atomic E-state index is 0.0846. The summed E-state index contributed by atoms with van der Waals surface area (Å²) in [5, 5.41) is 12.7. The van der Waals surface area contributed by atoms with Crippen LogP contribution in [0.25, 0.3) is 0 Å². The van der Waals surface area contributed by atoms with E-state index in [1.807, 2.05) is 36.4 Å². The predicted molar refractivity (Wildman–Crippen MR) is 85.1 cm³/mol. The molecule has 0 spiro atoms. The third kappa shape index (κ3) is 4.88. The van der Waals surface area contributed by atoms with Gasteiger partial charge in [-0.25, -0.2) is 0 Å². The summed E-state index contributed by atoms with van der Waals surface area (Å²) in [7, 11) is 0. The first-order valence-corrected chi connectivity index (χ1v) is 7.43. The van der Waals surface area contributed by atoms with Crippen molar-refractivity contribution in [1.82, 2.24) is 5.32 Å². The molecule has 0 aliphatic carbocycles. The summed E-state index contributed by atoms with van der Waals surface area (Å²) in [6.07, 6.45) is 1.02. The summed E-state index contributed by atoms with van der Waals surface area (Å²) in [6.45, 7) is 4.50. The summed E-state index contributed by atoms with van der Waals surface area (Å²) < 4.78 is 5.57. The lowest BCUT2D eigenvalue weighted by Gasteiger charge is -2.09.